The number of nitrogens with one attached hydrogen (secondary N) is 2. The third-order valence-electron chi connectivity index (χ3n) is 13.9. The summed E-state index contributed by atoms with van der Waals surface area (Å²) in [6, 6.07) is 30.3. The molecule has 20 heteroatoms. The summed E-state index contributed by atoms with van der Waals surface area (Å²) in [7, 11) is 5.76. The molecule has 2 amide bonds. The molecule has 8 aromatic rings. The normalized spacial score (nSPS) is 12.0. The highest BCUT2D eigenvalue weighted by atomic mass is 35.5. The number of fused-ring (bicyclic) bond motifs is 2. The van der Waals surface area contributed by atoms with E-state index in [-0.39, 0.29) is 47.7 Å². The molecule has 0 fully saturated rings. The number of methoxy groups -OCH3 is 4. The van der Waals surface area contributed by atoms with Crippen LogP contribution in [0.3, 0.4) is 0 Å². The Kier molecular flexibility index (Phi) is 19.5. The Labute approximate surface area is 498 Å². The number of esters is 2. The molecule has 8 rings (SSSR count). The van der Waals surface area contributed by atoms with Crippen molar-refractivity contribution in [3.8, 4) is 34.5 Å². The average molecular weight is 1190 g/mol. The molecular weight excluding hydrogens is 1130 g/mol. The molecule has 0 aliphatic heterocycles. The fourth-order valence-corrected chi connectivity index (χ4v) is 9.67. The Bertz CT molecular complexity index is 3750. The number of hydrogen-bond donors (Lipinski definition) is 2. The smallest absolute Gasteiger partial charge is 0.333 e. The lowest BCUT2D eigenvalue weighted by Gasteiger charge is -2.15. The number of ketones is 2. The molecule has 18 nitrogen and oxygen atoms in total. The van der Waals surface area contributed by atoms with Crippen molar-refractivity contribution in [1.29, 1.82) is 0 Å². The molecule has 85 heavy (non-hydrogen) atoms. The number of allylic oxidation sites excluding steroid dienone is 2. The van der Waals surface area contributed by atoms with Crippen LogP contribution in [0.25, 0.3) is 34.0 Å². The van der Waals surface area contributed by atoms with Gasteiger partial charge in [-0.15, -0.1) is 0 Å². The van der Waals surface area contributed by atoms with Crippen molar-refractivity contribution in [2.45, 2.75) is 59.0 Å². The van der Waals surface area contributed by atoms with E-state index < -0.39 is 53.8 Å². The number of amides is 2. The summed E-state index contributed by atoms with van der Waals surface area (Å²) in [5.74, 6) is -2.81. The van der Waals surface area contributed by atoms with Gasteiger partial charge in [-0.25, -0.2) is 9.59 Å². The van der Waals surface area contributed by atoms with Crippen LogP contribution >= 0.6 is 23.2 Å². The lowest BCUT2D eigenvalue weighted by Crippen LogP contribution is -2.41. The molecule has 0 unspecified atom stereocenters. The Morgan fingerprint density at radius 2 is 0.859 bits per heavy atom. The fourth-order valence-electron chi connectivity index (χ4n) is 9.42. The number of ether oxygens (including phenoxy) is 6. The zero-order chi connectivity index (χ0) is 61.2. The van der Waals surface area contributed by atoms with Gasteiger partial charge in [0.25, 0.3) is 11.8 Å². The van der Waals surface area contributed by atoms with Crippen molar-refractivity contribution in [3.63, 3.8) is 0 Å². The van der Waals surface area contributed by atoms with Crippen LogP contribution < -0.4 is 39.1 Å². The van der Waals surface area contributed by atoms with E-state index in [1.807, 2.05) is 0 Å². The fraction of sp³-hybridized carbons (Fsp3) is 0.200. The molecule has 2 heterocycles. The number of aromatic nitrogens is 2. The van der Waals surface area contributed by atoms with Gasteiger partial charge in [0.15, 0.2) is 34.6 Å². The highest BCUT2D eigenvalue weighted by molar-refractivity contribution is 6.31. The van der Waals surface area contributed by atoms with Crippen molar-refractivity contribution >= 4 is 104 Å². The highest BCUT2D eigenvalue weighted by Gasteiger charge is 2.27. The first-order valence-corrected chi connectivity index (χ1v) is 27.2. The maximum Gasteiger partial charge on any atom is 0.333 e. The average Bonchev–Trinajstić information content (AvgIpc) is 1.96. The van der Waals surface area contributed by atoms with E-state index in [0.29, 0.717) is 88.1 Å². The summed E-state index contributed by atoms with van der Waals surface area (Å²) in [5, 5.41) is 7.56. The summed E-state index contributed by atoms with van der Waals surface area (Å²) in [6.45, 7) is 6.41. The van der Waals surface area contributed by atoms with E-state index >= 15 is 0 Å². The number of halogens is 2. The molecule has 2 atom stereocenters. The number of hydrogen-bond acceptors (Lipinski definition) is 14. The van der Waals surface area contributed by atoms with Crippen LogP contribution in [0.4, 0.5) is 0 Å². The first-order chi connectivity index (χ1) is 40.7. The van der Waals surface area contributed by atoms with Crippen molar-refractivity contribution in [3.05, 3.63) is 188 Å². The second kappa shape index (κ2) is 27.1. The van der Waals surface area contributed by atoms with Crippen LogP contribution in [-0.4, -0.2) is 96.8 Å². The maximum atomic E-state index is 13.7. The third kappa shape index (κ3) is 14.4. The van der Waals surface area contributed by atoms with E-state index in [1.165, 1.54) is 100.0 Å². The van der Waals surface area contributed by atoms with Crippen molar-refractivity contribution in [1.82, 2.24) is 19.8 Å². The molecular formula is C65H58Cl2N4O14. The number of carbonyl (C=O) groups is 8. The summed E-state index contributed by atoms with van der Waals surface area (Å²) < 4.78 is 36.1. The molecule has 436 valence electrons. The van der Waals surface area contributed by atoms with Gasteiger partial charge in [-0.1, -0.05) is 47.5 Å². The second-order valence-electron chi connectivity index (χ2n) is 19.6. The van der Waals surface area contributed by atoms with Crippen molar-refractivity contribution in [2.24, 2.45) is 0 Å². The Balaban J connectivity index is 0.825. The summed E-state index contributed by atoms with van der Waals surface area (Å²) in [5.41, 5.74) is 5.07. The van der Waals surface area contributed by atoms with Crippen LogP contribution in [-0.2, 0) is 41.6 Å². The minimum absolute atomic E-state index is 0.0444. The molecule has 2 N–H and O–H groups in total. The molecule has 6 aromatic carbocycles. The van der Waals surface area contributed by atoms with Gasteiger partial charge in [0.1, 0.15) is 23.6 Å². The van der Waals surface area contributed by atoms with Gasteiger partial charge in [-0.05, 0) is 171 Å². The molecule has 0 saturated heterocycles. The molecule has 0 saturated carbocycles. The van der Waals surface area contributed by atoms with Crippen LogP contribution in [0.2, 0.25) is 10.0 Å². The van der Waals surface area contributed by atoms with Gasteiger partial charge < -0.3 is 39.1 Å². The number of nitrogens with zero attached hydrogens (tertiary/aromatic N) is 2. The molecule has 0 aliphatic carbocycles. The first-order valence-electron chi connectivity index (χ1n) is 26.5. The van der Waals surface area contributed by atoms with Gasteiger partial charge >= 0.3 is 11.9 Å². The van der Waals surface area contributed by atoms with E-state index in [9.17, 15) is 38.4 Å². The van der Waals surface area contributed by atoms with Crippen LogP contribution in [0, 0.1) is 13.8 Å². The Morgan fingerprint density at radius 3 is 1.21 bits per heavy atom. The van der Waals surface area contributed by atoms with E-state index in [2.05, 4.69) is 10.6 Å². The minimum atomic E-state index is -1.11. The van der Waals surface area contributed by atoms with Gasteiger partial charge in [-0.3, -0.25) is 37.9 Å². The second-order valence-corrected chi connectivity index (χ2v) is 20.4. The topological polar surface area (TPSA) is 226 Å². The van der Waals surface area contributed by atoms with Gasteiger partial charge in [-0.2, -0.15) is 0 Å². The van der Waals surface area contributed by atoms with Gasteiger partial charge in [0.05, 0.1) is 58.7 Å². The summed E-state index contributed by atoms with van der Waals surface area (Å²) in [4.78, 5) is 107. The standard InChI is InChI=1S/C65H58Cl2N4O14/c1-36(68-60(74)34-50-38(3)70(54-25-23-48(80-5)32-52(50)54)62(76)42-13-17-44(66)18-14-42)64(78)84-56-27-11-40(29-58(56)82-7)9-21-46(72)31-47(73)22-10-41-12-28-57(59(30-41)83-8)85-65(79)37(2)69-61(75)35-51-39(4)71(55-26-24-49(81-6)33-53(51)55)63(77)43-15-19-45(67)20-16-43/h9-30,32-33,36-37H,31,34-35H2,1-8H3,(H,68,74)(H,69,75)/b21-9+,22-10+/t36-,37-/m0/s1. The van der Waals surface area contributed by atoms with Crippen LogP contribution in [0.5, 0.6) is 34.5 Å². The molecule has 0 spiro atoms. The Morgan fingerprint density at radius 1 is 0.482 bits per heavy atom. The predicted octanol–water partition coefficient (Wildman–Crippen LogP) is 10.5. The van der Waals surface area contributed by atoms with Gasteiger partial charge in [0.2, 0.25) is 11.8 Å². The lowest BCUT2D eigenvalue weighted by atomic mass is 10.1. The number of carbonyl (C=O) groups excluding carboxylic acids is 8. The molecule has 0 bridgehead atoms. The zero-order valence-electron chi connectivity index (χ0n) is 47.5. The van der Waals surface area contributed by atoms with E-state index in [1.54, 1.807) is 111 Å². The quantitative estimate of drug-likeness (QED) is 0.0279. The van der Waals surface area contributed by atoms with Crippen molar-refractivity contribution in [2.75, 3.05) is 28.4 Å². The number of benzene rings is 6. The van der Waals surface area contributed by atoms with E-state index in [4.69, 9.17) is 51.6 Å². The SMILES string of the molecule is COc1ccc2c(c1)c(CC(=O)N[C@@H](C)C(=O)Oc1ccc(/C=C/C(=O)CC(=O)/C=C/c3ccc(OC(=O)[C@H](C)NC(=O)Cc4c(C)n(C(=O)c5ccc(Cl)cc5)c5ccc(OC)cc45)c(OC)c3)cc1OC)c(C)n2C(=O)c1ccc(Cl)cc1. The predicted molar refractivity (Wildman–Crippen MR) is 321 cm³/mol. The van der Waals surface area contributed by atoms with E-state index in [0.717, 1.165) is 0 Å². The largest absolute Gasteiger partial charge is 0.497 e. The molecule has 2 aromatic heterocycles. The highest BCUT2D eigenvalue weighted by Crippen LogP contribution is 2.34. The zero-order valence-corrected chi connectivity index (χ0v) is 49.0. The van der Waals surface area contributed by atoms with Crippen LogP contribution in [0.1, 0.15) is 74.6 Å². The molecule has 0 aliphatic rings. The monoisotopic (exact) mass is 1190 g/mol. The minimum Gasteiger partial charge on any atom is -0.497 e. The Hall–Kier alpha value is -9.78. The lowest BCUT2D eigenvalue weighted by molar-refractivity contribution is -0.139. The first kappa shape index (κ1) is 61.3. The van der Waals surface area contributed by atoms with Crippen LogP contribution in [0.15, 0.2) is 133 Å². The number of rotatable bonds is 22. The third-order valence-corrected chi connectivity index (χ3v) is 14.4. The summed E-state index contributed by atoms with van der Waals surface area (Å²) in [6.07, 6.45) is 4.58. The van der Waals surface area contributed by atoms with Crippen molar-refractivity contribution < 1.29 is 66.8 Å². The molecule has 0 radical (unpaired) electrons. The summed E-state index contributed by atoms with van der Waals surface area (Å²) >= 11 is 12.1. The van der Waals surface area contributed by atoms with Gasteiger partial charge in [0, 0.05) is 43.3 Å². The maximum absolute atomic E-state index is 13.7.